The zero-order chi connectivity index (χ0) is 20.2. The molecule has 2 aromatic carbocycles. The van der Waals surface area contributed by atoms with Gasteiger partial charge >= 0.3 is 0 Å². The highest BCUT2D eigenvalue weighted by Crippen LogP contribution is 2.72. The number of nitrogens with zero attached hydrogens (tertiary/aromatic N) is 1. The summed E-state index contributed by atoms with van der Waals surface area (Å²) < 4.78 is 0. The smallest absolute Gasteiger partial charge is 0.247 e. The molecule has 4 nitrogen and oxygen atoms in total. The molecule has 0 saturated heterocycles. The molecular weight excluding hydrogens is 416 g/mol. The highest BCUT2D eigenvalue weighted by molar-refractivity contribution is 9.10. The van der Waals surface area contributed by atoms with E-state index in [4.69, 9.17) is 0 Å². The lowest BCUT2D eigenvalue weighted by atomic mass is 9.64. The van der Waals surface area contributed by atoms with Crippen molar-refractivity contribution in [2.24, 2.45) is 16.2 Å². The second-order valence-electron chi connectivity index (χ2n) is 8.60. The fourth-order valence-corrected chi connectivity index (χ4v) is 6.60. The van der Waals surface area contributed by atoms with Crippen LogP contribution in [-0.4, -0.2) is 16.5 Å². The summed E-state index contributed by atoms with van der Waals surface area (Å²) >= 11 is 3.60. The molecule has 2 aromatic rings. The van der Waals surface area contributed by atoms with E-state index in [1.807, 2.05) is 72.6 Å². The van der Waals surface area contributed by atoms with E-state index < -0.39 is 21.1 Å². The molecule has 1 N–H and O–H groups in total. The molecule has 2 saturated carbocycles. The van der Waals surface area contributed by atoms with Gasteiger partial charge in [-0.1, -0.05) is 73.1 Å². The van der Waals surface area contributed by atoms with E-state index in [0.29, 0.717) is 6.42 Å². The quantitative estimate of drug-likeness (QED) is 0.536. The number of carbonyl (C=O) groups is 2. The van der Waals surface area contributed by atoms with Gasteiger partial charge in [-0.3, -0.25) is 20.0 Å². The number of amides is 1. The Labute approximate surface area is 174 Å². The maximum atomic E-state index is 13.8. The third-order valence-corrected chi connectivity index (χ3v) is 8.57. The zero-order valence-corrected chi connectivity index (χ0v) is 18.0. The number of hydrogen-bond acceptors (Lipinski definition) is 3. The van der Waals surface area contributed by atoms with Crippen LogP contribution in [0.3, 0.4) is 0 Å². The molecule has 0 aliphatic heterocycles. The maximum absolute atomic E-state index is 13.8. The van der Waals surface area contributed by atoms with Crippen LogP contribution in [0.1, 0.15) is 33.6 Å². The summed E-state index contributed by atoms with van der Waals surface area (Å²) in [5.74, 6) is 0.0338. The second-order valence-corrected chi connectivity index (χ2v) is 9.52. The predicted molar refractivity (Wildman–Crippen MR) is 114 cm³/mol. The largest absolute Gasteiger partial charge is 0.298 e. The molecule has 3 atom stereocenters. The molecule has 1 amide bonds. The third kappa shape index (κ3) is 2.35. The molecule has 0 heterocycles. The van der Waals surface area contributed by atoms with Gasteiger partial charge in [-0.2, -0.15) is 0 Å². The van der Waals surface area contributed by atoms with Gasteiger partial charge in [0.1, 0.15) is 0 Å². The van der Waals surface area contributed by atoms with E-state index in [2.05, 4.69) is 35.2 Å². The van der Waals surface area contributed by atoms with Crippen LogP contribution in [0.25, 0.3) is 0 Å². The number of rotatable bonds is 4. The van der Waals surface area contributed by atoms with Gasteiger partial charge < -0.3 is 0 Å². The Kier molecular flexibility index (Phi) is 4.42. The van der Waals surface area contributed by atoms with Gasteiger partial charge in [0.25, 0.3) is 0 Å². The zero-order valence-electron chi connectivity index (χ0n) is 16.4. The Morgan fingerprint density at radius 2 is 1.46 bits per heavy atom. The number of nitrogens with one attached hydrogen (secondary N) is 1. The van der Waals surface area contributed by atoms with E-state index in [9.17, 15) is 9.59 Å². The number of hydrogen-bond donors (Lipinski definition) is 1. The Bertz CT molecular complexity index is 875. The summed E-state index contributed by atoms with van der Waals surface area (Å²) in [5.41, 5.74) is 3.19. The fraction of sp³-hybridized carbons (Fsp3) is 0.391. The minimum atomic E-state index is -0.777. The van der Waals surface area contributed by atoms with Crippen LogP contribution >= 0.6 is 15.9 Å². The minimum Gasteiger partial charge on any atom is -0.298 e. The van der Waals surface area contributed by atoms with Crippen molar-refractivity contribution in [3.8, 4) is 0 Å². The van der Waals surface area contributed by atoms with Gasteiger partial charge in [0.2, 0.25) is 5.91 Å². The third-order valence-electron chi connectivity index (χ3n) is 7.37. The van der Waals surface area contributed by atoms with Crippen molar-refractivity contribution >= 4 is 39.0 Å². The first-order valence-electron chi connectivity index (χ1n) is 9.65. The van der Waals surface area contributed by atoms with E-state index in [-0.39, 0.29) is 11.7 Å². The van der Waals surface area contributed by atoms with Crippen molar-refractivity contribution in [3.63, 3.8) is 0 Å². The summed E-state index contributed by atoms with van der Waals surface area (Å²) in [4.78, 5) is 26.3. The Hall–Kier alpha value is -2.14. The molecule has 2 bridgehead atoms. The van der Waals surface area contributed by atoms with Crippen LogP contribution in [0.5, 0.6) is 0 Å². The van der Waals surface area contributed by atoms with E-state index in [1.165, 1.54) is 0 Å². The fourth-order valence-electron chi connectivity index (χ4n) is 5.09. The number of benzene rings is 2. The Morgan fingerprint density at radius 1 is 0.964 bits per heavy atom. The van der Waals surface area contributed by atoms with E-state index in [1.54, 1.807) is 0 Å². The summed E-state index contributed by atoms with van der Waals surface area (Å²) in [6.45, 7) is 6.14. The van der Waals surface area contributed by atoms with Crippen molar-refractivity contribution in [2.75, 3.05) is 5.01 Å². The van der Waals surface area contributed by atoms with E-state index in [0.717, 1.165) is 17.8 Å². The lowest BCUT2D eigenvalue weighted by Crippen LogP contribution is -2.54. The van der Waals surface area contributed by atoms with Crippen LogP contribution in [0.4, 0.5) is 11.4 Å². The maximum Gasteiger partial charge on any atom is 0.247 e. The van der Waals surface area contributed by atoms with Crippen LogP contribution in [0.2, 0.25) is 0 Å². The van der Waals surface area contributed by atoms with Crippen LogP contribution in [0, 0.1) is 16.2 Å². The van der Waals surface area contributed by atoms with Gasteiger partial charge in [-0.15, -0.1) is 0 Å². The molecule has 28 heavy (non-hydrogen) atoms. The normalized spacial score (nSPS) is 30.3. The highest BCUT2D eigenvalue weighted by Gasteiger charge is 2.76. The van der Waals surface area contributed by atoms with Crippen molar-refractivity contribution in [1.82, 2.24) is 5.43 Å². The van der Waals surface area contributed by atoms with Crippen LogP contribution in [0.15, 0.2) is 60.7 Å². The lowest BCUT2D eigenvalue weighted by molar-refractivity contribution is -0.135. The monoisotopic (exact) mass is 440 g/mol. The predicted octanol–water partition coefficient (Wildman–Crippen LogP) is 5.01. The van der Waals surface area contributed by atoms with Crippen molar-refractivity contribution in [3.05, 3.63) is 60.7 Å². The first-order chi connectivity index (χ1) is 13.3. The number of halogens is 1. The van der Waals surface area contributed by atoms with Crippen molar-refractivity contribution < 1.29 is 9.59 Å². The molecule has 4 rings (SSSR count). The van der Waals surface area contributed by atoms with Crippen molar-refractivity contribution in [2.45, 2.75) is 38.4 Å². The molecule has 5 heteroatoms. The van der Waals surface area contributed by atoms with Gasteiger partial charge in [0.15, 0.2) is 5.78 Å². The Morgan fingerprint density at radius 3 is 1.89 bits per heavy atom. The number of carbonyl (C=O) groups excluding carboxylic acids is 2. The number of ketones is 1. The molecule has 0 aromatic heterocycles. The molecule has 2 aliphatic rings. The summed E-state index contributed by atoms with van der Waals surface area (Å²) in [6, 6.07) is 19.5. The number of Topliss-reactive ketones (excluding diaryl/α,β-unsaturated/α-hetero) is 1. The average Bonchev–Trinajstić information content (AvgIpc) is 2.99. The lowest BCUT2D eigenvalue weighted by Gasteiger charge is -2.41. The standard InChI is InChI=1S/C23H25BrN2O2/c1-21(2)22(3)14-15-23(21,18(24)19(22)27)20(28)25-26(16-10-6-4-7-11-16)17-12-8-5-9-13-17/h4-13,18H,14-15H2,1-3H3,(H,25,28). The van der Waals surface area contributed by atoms with Gasteiger partial charge in [-0.05, 0) is 42.5 Å². The number of hydrazine groups is 1. The van der Waals surface area contributed by atoms with E-state index >= 15 is 0 Å². The molecular formula is C23H25BrN2O2. The molecule has 0 radical (unpaired) electrons. The molecule has 146 valence electrons. The molecule has 2 aliphatic carbocycles. The van der Waals surface area contributed by atoms with Gasteiger partial charge in [-0.25, -0.2) is 0 Å². The first-order valence-corrected chi connectivity index (χ1v) is 10.6. The van der Waals surface area contributed by atoms with Crippen molar-refractivity contribution in [1.29, 1.82) is 0 Å². The number of para-hydroxylation sites is 2. The second kappa shape index (κ2) is 6.45. The molecule has 2 fully saturated rings. The van der Waals surface area contributed by atoms with Crippen LogP contribution in [-0.2, 0) is 9.59 Å². The SMILES string of the molecule is CC12CCC(C(=O)NN(c3ccccc3)c3ccccc3)(C(Br)C1=O)C2(C)C. The number of anilines is 2. The van der Waals surface area contributed by atoms with Crippen LogP contribution < -0.4 is 10.4 Å². The molecule has 0 spiro atoms. The van der Waals surface area contributed by atoms with Gasteiger partial charge in [0.05, 0.1) is 21.6 Å². The summed E-state index contributed by atoms with van der Waals surface area (Å²) in [7, 11) is 0. The minimum absolute atomic E-state index is 0.110. The number of alkyl halides is 1. The summed E-state index contributed by atoms with van der Waals surface area (Å²) in [6.07, 6.45) is 1.44. The average molecular weight is 441 g/mol. The van der Waals surface area contributed by atoms with Gasteiger partial charge in [0, 0.05) is 5.41 Å². The molecule has 3 unspecified atom stereocenters. The topological polar surface area (TPSA) is 49.4 Å². The summed E-state index contributed by atoms with van der Waals surface area (Å²) in [5, 5.41) is 1.81. The Balaban J connectivity index is 1.74. The first kappa shape index (κ1) is 19.2. The number of fused-ring (bicyclic) bond motifs is 2. The highest BCUT2D eigenvalue weighted by atomic mass is 79.9.